The number of rotatable bonds is 2. The van der Waals surface area contributed by atoms with Crippen molar-refractivity contribution in [2.24, 2.45) is 10.7 Å². The maximum atomic E-state index is 5.76. The van der Waals surface area contributed by atoms with Crippen LogP contribution < -0.4 is 20.5 Å². The Morgan fingerprint density at radius 2 is 2.12 bits per heavy atom. The number of anilines is 1. The van der Waals surface area contributed by atoms with Crippen molar-refractivity contribution in [1.82, 2.24) is 0 Å². The lowest BCUT2D eigenvalue weighted by molar-refractivity contribution is 0.174. The molecule has 1 heterocycles. The molecule has 3 N–H and O–H groups in total. The van der Waals surface area contributed by atoms with Crippen LogP contribution in [0.2, 0.25) is 0 Å². The summed E-state index contributed by atoms with van der Waals surface area (Å²) in [5.74, 6) is 1.97. The number of aliphatic imine (C=N–C) groups is 1. The summed E-state index contributed by atoms with van der Waals surface area (Å²) in [5.41, 5.74) is 6.63. The third-order valence-electron chi connectivity index (χ3n) is 2.51. The standard InChI is InChI=1S/C11H13N3O2/c12-11(13-7-1-2-7)14-8-3-4-9-10(5-8)16-6-15-9/h3-5,7H,1-2,6H2,(H3,12,13,14). The van der Waals surface area contributed by atoms with Crippen molar-refractivity contribution in [2.45, 2.75) is 18.9 Å². The summed E-state index contributed by atoms with van der Waals surface area (Å²) >= 11 is 0. The van der Waals surface area contributed by atoms with Gasteiger partial charge in [-0.1, -0.05) is 0 Å². The van der Waals surface area contributed by atoms with E-state index in [1.165, 1.54) is 0 Å². The summed E-state index contributed by atoms with van der Waals surface area (Å²) in [6.45, 7) is 0.282. The minimum atomic E-state index is 0.282. The fourth-order valence-corrected chi connectivity index (χ4v) is 1.55. The fourth-order valence-electron chi connectivity index (χ4n) is 1.55. The van der Waals surface area contributed by atoms with Gasteiger partial charge in [0.2, 0.25) is 6.79 Å². The number of nitrogens with one attached hydrogen (secondary N) is 1. The van der Waals surface area contributed by atoms with E-state index in [0.717, 1.165) is 30.0 Å². The minimum absolute atomic E-state index is 0.282. The molecular formula is C11H13N3O2. The fraction of sp³-hybridized carbons (Fsp3) is 0.364. The van der Waals surface area contributed by atoms with Crippen molar-refractivity contribution in [3.8, 4) is 11.5 Å². The topological polar surface area (TPSA) is 68.9 Å². The molecule has 1 fully saturated rings. The summed E-state index contributed by atoms with van der Waals surface area (Å²) in [7, 11) is 0. The van der Waals surface area contributed by atoms with Crippen molar-refractivity contribution < 1.29 is 9.47 Å². The molecule has 0 spiro atoms. The maximum absolute atomic E-state index is 5.76. The van der Waals surface area contributed by atoms with Gasteiger partial charge in [-0.3, -0.25) is 0 Å². The Bertz CT molecular complexity index is 441. The highest BCUT2D eigenvalue weighted by Gasteiger charge is 2.20. The Morgan fingerprint density at radius 3 is 2.94 bits per heavy atom. The van der Waals surface area contributed by atoms with Crippen molar-refractivity contribution in [2.75, 3.05) is 12.1 Å². The number of ether oxygens (including phenoxy) is 2. The highest BCUT2D eigenvalue weighted by molar-refractivity contribution is 5.92. The van der Waals surface area contributed by atoms with E-state index in [1.54, 1.807) is 0 Å². The molecule has 1 aliphatic carbocycles. The highest BCUT2D eigenvalue weighted by Crippen LogP contribution is 2.34. The second-order valence-corrected chi connectivity index (χ2v) is 3.94. The lowest BCUT2D eigenvalue weighted by Gasteiger charge is -2.05. The van der Waals surface area contributed by atoms with Gasteiger partial charge in [0.1, 0.15) is 0 Å². The van der Waals surface area contributed by atoms with Crippen LogP contribution in [0.15, 0.2) is 23.2 Å². The summed E-state index contributed by atoms with van der Waals surface area (Å²) < 4.78 is 10.5. The molecule has 16 heavy (non-hydrogen) atoms. The van der Waals surface area contributed by atoms with Crippen molar-refractivity contribution in [3.05, 3.63) is 18.2 Å². The first kappa shape index (κ1) is 9.33. The van der Waals surface area contributed by atoms with Crippen molar-refractivity contribution in [3.63, 3.8) is 0 Å². The van der Waals surface area contributed by atoms with Gasteiger partial charge >= 0.3 is 0 Å². The molecule has 0 amide bonds. The monoisotopic (exact) mass is 219 g/mol. The number of hydrogen-bond acceptors (Lipinski definition) is 3. The van der Waals surface area contributed by atoms with E-state index in [0.29, 0.717) is 12.0 Å². The van der Waals surface area contributed by atoms with E-state index >= 15 is 0 Å². The zero-order valence-electron chi connectivity index (χ0n) is 8.77. The molecule has 2 aliphatic rings. The average molecular weight is 219 g/mol. The predicted molar refractivity (Wildman–Crippen MR) is 60.8 cm³/mol. The number of nitrogens with zero attached hydrogens (tertiary/aromatic N) is 1. The molecule has 0 atom stereocenters. The molecule has 5 nitrogen and oxygen atoms in total. The van der Waals surface area contributed by atoms with Gasteiger partial charge in [-0.25, -0.2) is 4.99 Å². The number of fused-ring (bicyclic) bond motifs is 1. The Hall–Kier alpha value is -1.91. The van der Waals surface area contributed by atoms with E-state index < -0.39 is 0 Å². The molecule has 1 aromatic rings. The second kappa shape index (κ2) is 3.59. The predicted octanol–water partition coefficient (Wildman–Crippen LogP) is 1.30. The molecular weight excluding hydrogens is 206 g/mol. The molecule has 0 radical (unpaired) electrons. The Kier molecular flexibility index (Phi) is 2.09. The van der Waals surface area contributed by atoms with E-state index in [2.05, 4.69) is 10.3 Å². The van der Waals surface area contributed by atoms with E-state index in [-0.39, 0.29) is 6.79 Å². The Balaban J connectivity index is 1.74. The Morgan fingerprint density at radius 1 is 1.31 bits per heavy atom. The van der Waals surface area contributed by atoms with Crippen LogP contribution in [-0.2, 0) is 0 Å². The molecule has 5 heteroatoms. The van der Waals surface area contributed by atoms with Gasteiger partial charge in [0.05, 0.1) is 6.04 Å². The van der Waals surface area contributed by atoms with Crippen LogP contribution in [0.1, 0.15) is 12.8 Å². The van der Waals surface area contributed by atoms with Gasteiger partial charge in [0, 0.05) is 11.8 Å². The summed E-state index contributed by atoms with van der Waals surface area (Å²) in [6.07, 6.45) is 2.28. The largest absolute Gasteiger partial charge is 0.454 e. The zero-order valence-corrected chi connectivity index (χ0v) is 8.77. The van der Waals surface area contributed by atoms with E-state index in [9.17, 15) is 0 Å². The molecule has 1 aliphatic heterocycles. The normalized spacial score (nSPS) is 18.6. The number of benzene rings is 1. The first-order valence-electron chi connectivity index (χ1n) is 5.31. The van der Waals surface area contributed by atoms with Gasteiger partial charge < -0.3 is 20.5 Å². The third kappa shape index (κ3) is 1.88. The van der Waals surface area contributed by atoms with E-state index in [4.69, 9.17) is 15.2 Å². The van der Waals surface area contributed by atoms with Crippen LogP contribution in [0.4, 0.5) is 5.69 Å². The lowest BCUT2D eigenvalue weighted by Crippen LogP contribution is -2.22. The van der Waals surface area contributed by atoms with E-state index in [1.807, 2.05) is 18.2 Å². The molecule has 0 saturated heterocycles. The summed E-state index contributed by atoms with van der Waals surface area (Å²) in [4.78, 5) is 4.29. The average Bonchev–Trinajstić information content (AvgIpc) is 2.95. The summed E-state index contributed by atoms with van der Waals surface area (Å²) in [6, 6.07) is 6.02. The molecule has 0 aromatic heterocycles. The smallest absolute Gasteiger partial charge is 0.231 e. The first-order valence-corrected chi connectivity index (χ1v) is 5.31. The molecule has 84 valence electrons. The van der Waals surface area contributed by atoms with Crippen LogP contribution in [0, 0.1) is 0 Å². The first-order chi connectivity index (χ1) is 7.81. The minimum Gasteiger partial charge on any atom is -0.454 e. The van der Waals surface area contributed by atoms with Crippen LogP contribution in [0.3, 0.4) is 0 Å². The van der Waals surface area contributed by atoms with Crippen molar-refractivity contribution in [1.29, 1.82) is 0 Å². The van der Waals surface area contributed by atoms with Gasteiger partial charge in [-0.2, -0.15) is 0 Å². The quantitative estimate of drug-likeness (QED) is 0.581. The SMILES string of the molecule is NC(=NC1CC1)Nc1ccc2c(c1)OCO2. The van der Waals surface area contributed by atoms with Crippen molar-refractivity contribution >= 4 is 11.6 Å². The zero-order chi connectivity index (χ0) is 11.0. The number of guanidine groups is 1. The van der Waals surface area contributed by atoms with Gasteiger partial charge in [-0.15, -0.1) is 0 Å². The number of hydrogen-bond donors (Lipinski definition) is 2. The Labute approximate surface area is 93.3 Å². The molecule has 3 rings (SSSR count). The van der Waals surface area contributed by atoms with Gasteiger partial charge in [0.15, 0.2) is 17.5 Å². The van der Waals surface area contributed by atoms with Crippen LogP contribution in [0.25, 0.3) is 0 Å². The molecule has 1 saturated carbocycles. The van der Waals surface area contributed by atoms with Gasteiger partial charge in [-0.05, 0) is 25.0 Å². The lowest BCUT2D eigenvalue weighted by atomic mass is 10.3. The van der Waals surface area contributed by atoms with Gasteiger partial charge in [0.25, 0.3) is 0 Å². The molecule has 0 bridgehead atoms. The third-order valence-corrected chi connectivity index (χ3v) is 2.51. The highest BCUT2D eigenvalue weighted by atomic mass is 16.7. The second-order valence-electron chi connectivity index (χ2n) is 3.94. The van der Waals surface area contributed by atoms with Crippen LogP contribution in [0.5, 0.6) is 11.5 Å². The maximum Gasteiger partial charge on any atom is 0.231 e. The van der Waals surface area contributed by atoms with Crippen LogP contribution >= 0.6 is 0 Å². The van der Waals surface area contributed by atoms with Crippen LogP contribution in [-0.4, -0.2) is 18.8 Å². The molecule has 0 unspecified atom stereocenters. The summed E-state index contributed by atoms with van der Waals surface area (Å²) in [5, 5.41) is 3.04. The number of nitrogens with two attached hydrogens (primary N) is 1. The molecule has 1 aromatic carbocycles.